The van der Waals surface area contributed by atoms with E-state index < -0.39 is 15.6 Å². The van der Waals surface area contributed by atoms with E-state index in [2.05, 4.69) is 10.3 Å². The molecular formula is C22H29ClN4O3S. The molecule has 0 aliphatic carbocycles. The van der Waals surface area contributed by atoms with Gasteiger partial charge in [0.2, 0.25) is 10.0 Å². The van der Waals surface area contributed by atoms with Crippen LogP contribution in [-0.2, 0) is 15.6 Å². The molecule has 2 aromatic rings. The summed E-state index contributed by atoms with van der Waals surface area (Å²) in [6.07, 6.45) is 5.48. The Kier molecular flexibility index (Phi) is 6.93. The zero-order chi connectivity index (χ0) is 22.8. The van der Waals surface area contributed by atoms with E-state index in [1.165, 1.54) is 0 Å². The minimum atomic E-state index is -2.86. The Morgan fingerprint density at radius 3 is 2.45 bits per heavy atom. The first-order chi connectivity index (χ1) is 14.6. The molecule has 0 saturated carbocycles. The van der Waals surface area contributed by atoms with E-state index in [4.69, 9.17) is 11.6 Å². The largest absolute Gasteiger partial charge is 0.387 e. The Morgan fingerprint density at radius 2 is 1.84 bits per heavy atom. The summed E-state index contributed by atoms with van der Waals surface area (Å²) in [7, 11) is -1.04. The standard InChI is InChI=1S/C16H16ClN3O.C6H13NO2S/c1-16(2)14-6-10(17)4-5-13(14)15(21)20(16)12-7-11(18-3)8-19-9-12;1-2-10(8,9)7-5-3-4-6-7/h4-9,18H,1-3H3;2-6H2,1H3. The Hall–Kier alpha value is -2.16. The maximum Gasteiger partial charge on any atom is 0.259 e. The van der Waals surface area contributed by atoms with Crippen molar-refractivity contribution in [1.29, 1.82) is 0 Å². The van der Waals surface area contributed by atoms with E-state index in [9.17, 15) is 13.2 Å². The number of anilines is 2. The summed E-state index contributed by atoms with van der Waals surface area (Å²) in [5.74, 6) is 0.217. The summed E-state index contributed by atoms with van der Waals surface area (Å²) in [5.41, 5.74) is 2.80. The third-order valence-corrected chi connectivity index (χ3v) is 7.84. The Bertz CT molecular complexity index is 1070. The second kappa shape index (κ2) is 9.14. The van der Waals surface area contributed by atoms with Crippen LogP contribution in [0.15, 0.2) is 36.7 Å². The third-order valence-electron chi connectivity index (χ3n) is 5.73. The molecule has 0 unspecified atom stereocenters. The van der Waals surface area contributed by atoms with Crippen LogP contribution in [-0.4, -0.2) is 49.5 Å². The average molecular weight is 465 g/mol. The van der Waals surface area contributed by atoms with Crippen LogP contribution in [0.3, 0.4) is 0 Å². The van der Waals surface area contributed by atoms with Gasteiger partial charge in [-0.1, -0.05) is 11.6 Å². The fourth-order valence-electron chi connectivity index (χ4n) is 3.98. The molecule has 1 saturated heterocycles. The second-order valence-electron chi connectivity index (χ2n) is 8.08. The van der Waals surface area contributed by atoms with Crippen LogP contribution in [0.1, 0.15) is 49.5 Å². The Balaban J connectivity index is 0.000000229. The molecule has 168 valence electrons. The van der Waals surface area contributed by atoms with Crippen molar-refractivity contribution in [3.63, 3.8) is 0 Å². The molecule has 2 aliphatic heterocycles. The van der Waals surface area contributed by atoms with Crippen molar-refractivity contribution < 1.29 is 13.2 Å². The molecule has 0 atom stereocenters. The molecule has 31 heavy (non-hydrogen) atoms. The van der Waals surface area contributed by atoms with Gasteiger partial charge in [-0.25, -0.2) is 12.7 Å². The van der Waals surface area contributed by atoms with E-state index in [1.54, 1.807) is 40.7 Å². The molecule has 9 heteroatoms. The van der Waals surface area contributed by atoms with Crippen molar-refractivity contribution in [2.75, 3.05) is 36.1 Å². The van der Waals surface area contributed by atoms with E-state index in [0.717, 1.165) is 42.9 Å². The van der Waals surface area contributed by atoms with Crippen molar-refractivity contribution in [3.8, 4) is 0 Å². The summed E-state index contributed by atoms with van der Waals surface area (Å²) < 4.78 is 23.8. The van der Waals surface area contributed by atoms with Gasteiger partial charge in [0.25, 0.3) is 5.91 Å². The number of nitrogens with one attached hydrogen (secondary N) is 1. The van der Waals surface area contributed by atoms with Gasteiger partial charge in [-0.05, 0) is 63.4 Å². The molecule has 1 aromatic heterocycles. The van der Waals surface area contributed by atoms with Gasteiger partial charge in [-0.3, -0.25) is 14.7 Å². The lowest BCUT2D eigenvalue weighted by atomic mass is 9.93. The SMILES string of the molecule is CCS(=O)(=O)N1CCCC1.CNc1cncc(N2C(=O)c3ccc(Cl)cc3C2(C)C)c1. The van der Waals surface area contributed by atoms with Crippen LogP contribution < -0.4 is 10.2 Å². The Labute approximate surface area is 189 Å². The zero-order valence-corrected chi connectivity index (χ0v) is 19.9. The van der Waals surface area contributed by atoms with Gasteiger partial charge in [0, 0.05) is 30.7 Å². The number of aromatic nitrogens is 1. The van der Waals surface area contributed by atoms with Gasteiger partial charge >= 0.3 is 0 Å². The van der Waals surface area contributed by atoms with Crippen LogP contribution in [0.25, 0.3) is 0 Å². The summed E-state index contributed by atoms with van der Waals surface area (Å²) in [5, 5.41) is 3.68. The molecular weight excluding hydrogens is 436 g/mol. The minimum Gasteiger partial charge on any atom is -0.387 e. The highest BCUT2D eigenvalue weighted by Crippen LogP contribution is 2.42. The van der Waals surface area contributed by atoms with Gasteiger partial charge in [0.1, 0.15) is 0 Å². The number of nitrogens with zero attached hydrogens (tertiary/aromatic N) is 3. The van der Waals surface area contributed by atoms with E-state index in [-0.39, 0.29) is 11.7 Å². The van der Waals surface area contributed by atoms with E-state index in [0.29, 0.717) is 10.6 Å². The zero-order valence-electron chi connectivity index (χ0n) is 18.4. The van der Waals surface area contributed by atoms with Crippen LogP contribution in [0.4, 0.5) is 11.4 Å². The van der Waals surface area contributed by atoms with Crippen LogP contribution >= 0.6 is 11.6 Å². The fourth-order valence-corrected chi connectivity index (χ4v) is 5.33. The molecule has 4 rings (SSSR count). The van der Waals surface area contributed by atoms with E-state index >= 15 is 0 Å². The van der Waals surface area contributed by atoms with Crippen molar-refractivity contribution >= 4 is 38.9 Å². The highest BCUT2D eigenvalue weighted by molar-refractivity contribution is 7.89. The molecule has 0 radical (unpaired) electrons. The second-order valence-corrected chi connectivity index (χ2v) is 10.8. The lowest BCUT2D eigenvalue weighted by Gasteiger charge is -2.32. The number of sulfonamides is 1. The smallest absolute Gasteiger partial charge is 0.259 e. The molecule has 1 N–H and O–H groups in total. The number of pyridine rings is 1. The summed E-state index contributed by atoms with van der Waals surface area (Å²) in [4.78, 5) is 18.7. The normalized spacial score (nSPS) is 17.8. The first-order valence-corrected chi connectivity index (χ1v) is 12.4. The summed E-state index contributed by atoms with van der Waals surface area (Å²) >= 11 is 6.09. The number of hydrogen-bond acceptors (Lipinski definition) is 5. The van der Waals surface area contributed by atoms with Gasteiger partial charge in [0.15, 0.2) is 0 Å². The quantitative estimate of drug-likeness (QED) is 0.736. The molecule has 0 spiro atoms. The molecule has 1 aromatic carbocycles. The number of rotatable bonds is 4. The number of benzene rings is 1. The van der Waals surface area contributed by atoms with Crippen LogP contribution in [0, 0.1) is 0 Å². The highest BCUT2D eigenvalue weighted by atomic mass is 35.5. The average Bonchev–Trinajstić information content (AvgIpc) is 3.35. The molecule has 0 bridgehead atoms. The predicted molar refractivity (Wildman–Crippen MR) is 125 cm³/mol. The fraction of sp³-hybridized carbons (Fsp3) is 0.455. The van der Waals surface area contributed by atoms with Gasteiger partial charge in [0.05, 0.1) is 35.1 Å². The molecule has 1 amide bonds. The summed E-state index contributed by atoms with van der Waals surface area (Å²) in [6.45, 7) is 7.18. The molecule has 2 aliphatic rings. The van der Waals surface area contributed by atoms with Gasteiger partial charge in [-0.2, -0.15) is 0 Å². The maximum atomic E-state index is 12.8. The molecule has 7 nitrogen and oxygen atoms in total. The number of halogens is 1. The number of carbonyl (C=O) groups is 1. The third kappa shape index (κ3) is 4.71. The maximum absolute atomic E-state index is 12.8. The van der Waals surface area contributed by atoms with Gasteiger partial charge < -0.3 is 5.32 Å². The van der Waals surface area contributed by atoms with Crippen molar-refractivity contribution in [2.45, 2.75) is 39.2 Å². The number of hydrogen-bond donors (Lipinski definition) is 1. The topological polar surface area (TPSA) is 82.6 Å². The Morgan fingerprint density at radius 1 is 1.16 bits per heavy atom. The number of fused-ring (bicyclic) bond motifs is 1. The highest BCUT2D eigenvalue weighted by Gasteiger charge is 2.44. The van der Waals surface area contributed by atoms with Gasteiger partial charge in [-0.15, -0.1) is 0 Å². The van der Waals surface area contributed by atoms with Crippen LogP contribution in [0.5, 0.6) is 0 Å². The van der Waals surface area contributed by atoms with Crippen LogP contribution in [0.2, 0.25) is 5.02 Å². The number of amides is 1. The minimum absolute atomic E-state index is 0.0262. The predicted octanol–water partition coefficient (Wildman–Crippen LogP) is 4.10. The van der Waals surface area contributed by atoms with Crippen molar-refractivity contribution in [2.24, 2.45) is 0 Å². The first-order valence-electron chi connectivity index (χ1n) is 10.4. The lowest BCUT2D eigenvalue weighted by Crippen LogP contribution is -2.39. The first kappa shape index (κ1) is 23.5. The lowest BCUT2D eigenvalue weighted by molar-refractivity contribution is 0.0982. The van der Waals surface area contributed by atoms with E-state index in [1.807, 2.05) is 33.0 Å². The van der Waals surface area contributed by atoms with Crippen molar-refractivity contribution in [3.05, 3.63) is 52.8 Å². The summed E-state index contributed by atoms with van der Waals surface area (Å²) in [6, 6.07) is 7.32. The van der Waals surface area contributed by atoms with Crippen molar-refractivity contribution in [1.82, 2.24) is 9.29 Å². The number of carbonyl (C=O) groups excluding carboxylic acids is 1. The molecule has 3 heterocycles. The molecule has 1 fully saturated rings. The monoisotopic (exact) mass is 464 g/mol.